The fourth-order valence-corrected chi connectivity index (χ4v) is 3.20. The summed E-state index contributed by atoms with van der Waals surface area (Å²) in [6.45, 7) is 3.11. The van der Waals surface area contributed by atoms with Crippen LogP contribution in [-0.2, 0) is 0 Å². The molecule has 0 unspecified atom stereocenters. The lowest BCUT2D eigenvalue weighted by molar-refractivity contribution is 0.734. The van der Waals surface area contributed by atoms with Crippen LogP contribution in [0, 0.1) is 0 Å². The molecule has 0 aliphatic carbocycles. The second-order valence-electron chi connectivity index (χ2n) is 6.13. The third kappa shape index (κ3) is 2.63. The third-order valence-corrected chi connectivity index (χ3v) is 4.47. The van der Waals surface area contributed by atoms with E-state index in [-0.39, 0.29) is 0 Å². The van der Waals surface area contributed by atoms with Gasteiger partial charge in [-0.15, -0.1) is 0 Å². The molecule has 113 valence electrons. The quantitative estimate of drug-likeness (QED) is 0.315. The Bertz CT molecular complexity index is 985. The Morgan fingerprint density at radius 2 is 1.35 bits per heavy atom. The molecule has 0 bridgehead atoms. The minimum atomic E-state index is 0.908. The highest BCUT2D eigenvalue weighted by atomic mass is 14.9. The molecule has 0 aliphatic rings. The van der Waals surface area contributed by atoms with Gasteiger partial charge in [0.15, 0.2) is 0 Å². The highest BCUT2D eigenvalue weighted by Gasteiger charge is 2.05. The number of benzene rings is 4. The molecule has 0 spiro atoms. The molecule has 0 amide bonds. The third-order valence-electron chi connectivity index (χ3n) is 4.47. The molecular weight excluding hydrogens is 278 g/mol. The van der Waals surface area contributed by atoms with Crippen molar-refractivity contribution >= 4 is 38.0 Å². The van der Waals surface area contributed by atoms with Crippen molar-refractivity contribution in [3.8, 4) is 0 Å². The van der Waals surface area contributed by atoms with Crippen molar-refractivity contribution in [3.05, 3.63) is 66.7 Å². The average Bonchev–Trinajstić information content (AvgIpc) is 2.58. The first-order chi connectivity index (χ1) is 11.3. The van der Waals surface area contributed by atoms with Crippen LogP contribution in [0.3, 0.4) is 0 Å². The first-order valence-electron chi connectivity index (χ1n) is 8.38. The van der Waals surface area contributed by atoms with Gasteiger partial charge in [-0.05, 0) is 63.7 Å². The number of hydrogen-bond donors (Lipinski definition) is 0. The van der Waals surface area contributed by atoms with Crippen LogP contribution < -0.4 is 5.32 Å². The summed E-state index contributed by atoms with van der Waals surface area (Å²) in [6, 6.07) is 24.1. The van der Waals surface area contributed by atoms with Crippen molar-refractivity contribution < 1.29 is 0 Å². The van der Waals surface area contributed by atoms with E-state index in [9.17, 15) is 0 Å². The highest BCUT2D eigenvalue weighted by Crippen LogP contribution is 2.31. The van der Waals surface area contributed by atoms with Gasteiger partial charge in [-0.25, -0.2) is 0 Å². The first kappa shape index (κ1) is 14.1. The van der Waals surface area contributed by atoms with Crippen LogP contribution in [0.4, 0.5) is 5.69 Å². The average molecular weight is 298 g/mol. The summed E-state index contributed by atoms with van der Waals surface area (Å²) < 4.78 is 0. The molecule has 0 aromatic heterocycles. The molecule has 4 aromatic rings. The Hall–Kier alpha value is -2.54. The number of unbranched alkanes of at least 4 members (excludes halogenated alkanes) is 1. The van der Waals surface area contributed by atoms with Crippen LogP contribution in [-0.4, -0.2) is 6.54 Å². The lowest BCUT2D eigenvalue weighted by atomic mass is 9.99. The van der Waals surface area contributed by atoms with Gasteiger partial charge in [0.1, 0.15) is 0 Å². The van der Waals surface area contributed by atoms with Crippen molar-refractivity contribution in [2.24, 2.45) is 0 Å². The van der Waals surface area contributed by atoms with Gasteiger partial charge in [0, 0.05) is 11.9 Å². The lowest BCUT2D eigenvalue weighted by Gasteiger charge is -2.09. The molecule has 1 heteroatoms. The van der Waals surface area contributed by atoms with Crippen LogP contribution in [0.15, 0.2) is 66.7 Å². The lowest BCUT2D eigenvalue weighted by Crippen LogP contribution is -1.99. The van der Waals surface area contributed by atoms with Gasteiger partial charge in [0.05, 0.1) is 5.69 Å². The zero-order valence-corrected chi connectivity index (χ0v) is 13.4. The number of fused-ring (bicyclic) bond motifs is 3. The Balaban J connectivity index is 1.90. The van der Waals surface area contributed by atoms with Crippen LogP contribution in [0.1, 0.15) is 19.8 Å². The molecule has 23 heavy (non-hydrogen) atoms. The number of hydrogen-bond acceptors (Lipinski definition) is 0. The van der Waals surface area contributed by atoms with Gasteiger partial charge in [0.25, 0.3) is 0 Å². The smallest absolute Gasteiger partial charge is 0.0652 e. The van der Waals surface area contributed by atoms with Crippen molar-refractivity contribution in [3.63, 3.8) is 0 Å². The highest BCUT2D eigenvalue weighted by molar-refractivity contribution is 6.07. The SMILES string of the molecule is CCCC[N]c1cccc2cc3cc4ccccc4cc3cc12. The van der Waals surface area contributed by atoms with E-state index in [2.05, 4.69) is 73.7 Å². The molecule has 0 saturated heterocycles. The Labute approximate surface area is 136 Å². The molecule has 1 nitrogen and oxygen atoms in total. The van der Waals surface area contributed by atoms with Crippen LogP contribution in [0.25, 0.3) is 32.3 Å². The summed E-state index contributed by atoms with van der Waals surface area (Å²) in [5.41, 5.74) is 1.12. The van der Waals surface area contributed by atoms with Crippen molar-refractivity contribution in [2.75, 3.05) is 6.54 Å². The Morgan fingerprint density at radius 3 is 2.09 bits per heavy atom. The monoisotopic (exact) mass is 298 g/mol. The maximum absolute atomic E-state index is 4.79. The Kier molecular flexibility index (Phi) is 3.63. The topological polar surface area (TPSA) is 14.1 Å². The van der Waals surface area contributed by atoms with E-state index in [4.69, 9.17) is 5.32 Å². The molecule has 1 radical (unpaired) electrons. The maximum atomic E-state index is 4.79. The van der Waals surface area contributed by atoms with Crippen LogP contribution in [0.2, 0.25) is 0 Å². The van der Waals surface area contributed by atoms with Crippen molar-refractivity contribution in [1.29, 1.82) is 0 Å². The minimum Gasteiger partial charge on any atom is -0.285 e. The molecular formula is C22H20N. The summed E-state index contributed by atoms with van der Waals surface area (Å²) >= 11 is 0. The van der Waals surface area contributed by atoms with Crippen LogP contribution in [0.5, 0.6) is 0 Å². The van der Waals surface area contributed by atoms with E-state index in [1.807, 2.05) is 0 Å². The minimum absolute atomic E-state index is 0.908. The van der Waals surface area contributed by atoms with E-state index in [0.29, 0.717) is 0 Å². The number of rotatable bonds is 4. The predicted molar refractivity (Wildman–Crippen MR) is 101 cm³/mol. The molecule has 0 N–H and O–H groups in total. The zero-order chi connectivity index (χ0) is 15.6. The fraction of sp³-hybridized carbons (Fsp3) is 0.182. The number of nitrogens with zero attached hydrogens (tertiary/aromatic N) is 1. The summed E-state index contributed by atoms with van der Waals surface area (Å²) in [4.78, 5) is 0. The van der Waals surface area contributed by atoms with E-state index in [1.54, 1.807) is 0 Å². The van der Waals surface area contributed by atoms with E-state index in [0.717, 1.165) is 18.7 Å². The predicted octanol–water partition coefficient (Wildman–Crippen LogP) is 6.18. The summed E-state index contributed by atoms with van der Waals surface area (Å²) in [5, 5.41) is 12.5. The standard InChI is InChI=1S/C22H20N/c1-2-3-11-23-22-10-6-9-18-14-19-12-16-7-4-5-8-17(16)13-20(19)15-21(18)22/h4-10,12-15H,2-3,11H2,1H3. The van der Waals surface area contributed by atoms with Crippen LogP contribution >= 0.6 is 0 Å². The maximum Gasteiger partial charge on any atom is 0.0652 e. The second-order valence-corrected chi connectivity index (χ2v) is 6.13. The zero-order valence-electron chi connectivity index (χ0n) is 13.4. The van der Waals surface area contributed by atoms with E-state index in [1.165, 1.54) is 38.7 Å². The van der Waals surface area contributed by atoms with Crippen molar-refractivity contribution in [2.45, 2.75) is 19.8 Å². The van der Waals surface area contributed by atoms with Gasteiger partial charge in [-0.3, -0.25) is 5.32 Å². The second kappa shape index (κ2) is 5.92. The molecule has 0 aliphatic heterocycles. The Morgan fingerprint density at radius 1 is 0.696 bits per heavy atom. The summed E-state index contributed by atoms with van der Waals surface area (Å²) in [7, 11) is 0. The molecule has 0 heterocycles. The van der Waals surface area contributed by atoms with Gasteiger partial charge in [-0.1, -0.05) is 49.7 Å². The van der Waals surface area contributed by atoms with Gasteiger partial charge < -0.3 is 0 Å². The summed E-state index contributed by atoms with van der Waals surface area (Å²) in [6.07, 6.45) is 2.33. The van der Waals surface area contributed by atoms with Gasteiger partial charge in [0.2, 0.25) is 0 Å². The summed E-state index contributed by atoms with van der Waals surface area (Å²) in [5.74, 6) is 0. The van der Waals surface area contributed by atoms with Gasteiger partial charge >= 0.3 is 0 Å². The molecule has 0 fully saturated rings. The fourth-order valence-electron chi connectivity index (χ4n) is 3.20. The molecule has 4 rings (SSSR count). The van der Waals surface area contributed by atoms with Gasteiger partial charge in [-0.2, -0.15) is 0 Å². The first-order valence-corrected chi connectivity index (χ1v) is 8.38. The molecule has 0 atom stereocenters. The molecule has 0 saturated carbocycles. The largest absolute Gasteiger partial charge is 0.285 e. The van der Waals surface area contributed by atoms with E-state index >= 15 is 0 Å². The van der Waals surface area contributed by atoms with Crippen molar-refractivity contribution in [1.82, 2.24) is 5.32 Å². The molecule has 4 aromatic carbocycles. The van der Waals surface area contributed by atoms with E-state index < -0.39 is 0 Å². The normalized spacial score (nSPS) is 11.3.